The maximum absolute atomic E-state index is 12.3. The third-order valence-electron chi connectivity index (χ3n) is 5.56. The molecule has 0 spiro atoms. The van der Waals surface area contributed by atoms with Gasteiger partial charge in [0.1, 0.15) is 5.78 Å². The van der Waals surface area contributed by atoms with Crippen molar-refractivity contribution >= 4 is 23.5 Å². The lowest BCUT2D eigenvalue weighted by atomic mass is 9.96. The van der Waals surface area contributed by atoms with E-state index in [1.54, 1.807) is 11.8 Å². The summed E-state index contributed by atoms with van der Waals surface area (Å²) in [6.45, 7) is 6.27. The molecule has 0 radical (unpaired) electrons. The number of unbranched alkanes of at least 4 members (excludes halogenated alkanes) is 4. The average Bonchev–Trinajstić information content (AvgIpc) is 2.92. The minimum atomic E-state index is -0.589. The molecule has 0 aromatic carbocycles. The molecule has 1 fully saturated rings. The fourth-order valence-corrected chi connectivity index (χ4v) is 5.26. The van der Waals surface area contributed by atoms with Gasteiger partial charge in [0.25, 0.3) is 0 Å². The van der Waals surface area contributed by atoms with Crippen LogP contribution in [0.15, 0.2) is 0 Å². The average molecular weight is 417 g/mol. The van der Waals surface area contributed by atoms with Crippen molar-refractivity contribution in [2.75, 3.05) is 12.4 Å². The molecule has 28 heavy (non-hydrogen) atoms. The number of Topliss-reactive ketones (excluding diaryl/α,β-unsaturated/α-hetero) is 1. The molecule has 5 nitrogen and oxygen atoms in total. The van der Waals surface area contributed by atoms with E-state index in [0.717, 1.165) is 57.8 Å². The third kappa shape index (κ3) is 9.27. The zero-order valence-corrected chi connectivity index (χ0v) is 18.7. The monoisotopic (exact) mass is 416 g/mol. The van der Waals surface area contributed by atoms with Crippen LogP contribution in [0.3, 0.4) is 0 Å². The first-order valence-electron chi connectivity index (χ1n) is 11.1. The molecule has 0 heterocycles. The predicted molar refractivity (Wildman–Crippen MR) is 114 cm³/mol. The summed E-state index contributed by atoms with van der Waals surface area (Å²) in [7, 11) is 0. The number of carbonyl (C=O) groups is 2. The van der Waals surface area contributed by atoms with Gasteiger partial charge in [0.2, 0.25) is 0 Å². The highest BCUT2D eigenvalue weighted by molar-refractivity contribution is 8.00. The maximum atomic E-state index is 12.3. The van der Waals surface area contributed by atoms with Gasteiger partial charge < -0.3 is 14.9 Å². The van der Waals surface area contributed by atoms with Gasteiger partial charge in [-0.2, -0.15) is 11.8 Å². The smallest absolute Gasteiger partial charge is 0.308 e. The van der Waals surface area contributed by atoms with E-state index in [9.17, 15) is 19.8 Å². The molecular weight excluding hydrogens is 376 g/mol. The Bertz CT molecular complexity index is 456. The van der Waals surface area contributed by atoms with Crippen LogP contribution in [-0.2, 0) is 14.3 Å². The Morgan fingerprint density at radius 3 is 2.57 bits per heavy atom. The van der Waals surface area contributed by atoms with Gasteiger partial charge in [0.05, 0.1) is 24.7 Å². The number of hydrogen-bond donors (Lipinski definition) is 2. The maximum Gasteiger partial charge on any atom is 0.308 e. The zero-order valence-electron chi connectivity index (χ0n) is 17.9. The summed E-state index contributed by atoms with van der Waals surface area (Å²) in [6, 6.07) is 0. The molecule has 164 valence electrons. The minimum Gasteiger partial charge on any atom is -0.466 e. The van der Waals surface area contributed by atoms with Crippen LogP contribution in [0.25, 0.3) is 0 Å². The Balaban J connectivity index is 2.31. The molecule has 0 bridgehead atoms. The highest BCUT2D eigenvalue weighted by atomic mass is 32.2. The van der Waals surface area contributed by atoms with Gasteiger partial charge in [-0.1, -0.05) is 52.4 Å². The Kier molecular flexibility index (Phi) is 13.1. The molecule has 2 N–H and O–H groups in total. The molecule has 6 heteroatoms. The normalized spacial score (nSPS) is 24.3. The van der Waals surface area contributed by atoms with Crippen molar-refractivity contribution in [2.24, 2.45) is 11.8 Å². The molecule has 1 aliphatic carbocycles. The Morgan fingerprint density at radius 1 is 1.18 bits per heavy atom. The summed E-state index contributed by atoms with van der Waals surface area (Å²) in [4.78, 5) is 23.9. The fraction of sp³-hybridized carbons (Fsp3) is 0.909. The quantitative estimate of drug-likeness (QED) is 0.308. The van der Waals surface area contributed by atoms with E-state index in [-0.39, 0.29) is 41.4 Å². The van der Waals surface area contributed by atoms with Crippen LogP contribution in [-0.4, -0.2) is 51.8 Å². The highest BCUT2D eigenvalue weighted by Gasteiger charge is 2.41. The minimum absolute atomic E-state index is 0.0765. The van der Waals surface area contributed by atoms with Gasteiger partial charge in [-0.3, -0.25) is 9.59 Å². The summed E-state index contributed by atoms with van der Waals surface area (Å²) >= 11 is 1.57. The van der Waals surface area contributed by atoms with Crippen molar-refractivity contribution in [1.82, 2.24) is 0 Å². The van der Waals surface area contributed by atoms with E-state index in [1.807, 2.05) is 13.8 Å². The van der Waals surface area contributed by atoms with Crippen LogP contribution in [0.5, 0.6) is 0 Å². The SMILES string of the molecule is CCCCCC(O)CSC1C(O)CC(=O)C1CCCCCC(C)C(=O)OCC. The Hall–Kier alpha value is -0.590. The second-order valence-electron chi connectivity index (χ2n) is 8.08. The number of esters is 1. The van der Waals surface area contributed by atoms with Crippen LogP contribution in [0.2, 0.25) is 0 Å². The molecule has 0 aromatic rings. The Labute approximate surface area is 175 Å². The van der Waals surface area contributed by atoms with Gasteiger partial charge >= 0.3 is 5.97 Å². The number of ketones is 1. The predicted octanol–water partition coefficient (Wildman–Crippen LogP) is 4.13. The van der Waals surface area contributed by atoms with Gasteiger partial charge in [-0.15, -0.1) is 0 Å². The van der Waals surface area contributed by atoms with E-state index in [1.165, 1.54) is 0 Å². The summed E-state index contributed by atoms with van der Waals surface area (Å²) in [5, 5.41) is 20.3. The number of ether oxygens (including phenoxy) is 1. The summed E-state index contributed by atoms with van der Waals surface area (Å²) in [5.41, 5.74) is 0. The van der Waals surface area contributed by atoms with Crippen LogP contribution in [0.4, 0.5) is 0 Å². The number of thioether (sulfide) groups is 1. The first-order chi connectivity index (χ1) is 13.4. The van der Waals surface area contributed by atoms with E-state index in [2.05, 4.69) is 6.92 Å². The van der Waals surface area contributed by atoms with E-state index in [0.29, 0.717) is 12.4 Å². The number of hydrogen-bond acceptors (Lipinski definition) is 6. The fourth-order valence-electron chi connectivity index (χ4n) is 3.81. The van der Waals surface area contributed by atoms with Crippen molar-refractivity contribution in [2.45, 2.75) is 102 Å². The molecule has 1 saturated carbocycles. The van der Waals surface area contributed by atoms with E-state index < -0.39 is 6.10 Å². The molecule has 1 aliphatic rings. The first-order valence-corrected chi connectivity index (χ1v) is 12.1. The summed E-state index contributed by atoms with van der Waals surface area (Å²) in [6.07, 6.45) is 7.81. The van der Waals surface area contributed by atoms with Gasteiger partial charge in [0, 0.05) is 23.3 Å². The molecule has 5 unspecified atom stereocenters. The molecule has 0 saturated heterocycles. The van der Waals surface area contributed by atoms with Crippen LogP contribution in [0, 0.1) is 11.8 Å². The van der Waals surface area contributed by atoms with Gasteiger partial charge in [-0.05, 0) is 26.2 Å². The van der Waals surface area contributed by atoms with Crippen molar-refractivity contribution in [3.05, 3.63) is 0 Å². The first kappa shape index (κ1) is 25.4. The number of aliphatic hydroxyl groups excluding tert-OH is 2. The second kappa shape index (κ2) is 14.4. The molecule has 5 atom stereocenters. The standard InChI is InChI=1S/C22H40O5S/c1-4-6-8-12-17(23)15-28-21-18(19(24)14-20(21)25)13-10-7-9-11-16(3)22(26)27-5-2/h16-18,20-21,23,25H,4-15H2,1-3H3. The largest absolute Gasteiger partial charge is 0.466 e. The lowest BCUT2D eigenvalue weighted by molar-refractivity contribution is -0.147. The number of rotatable bonds is 15. The molecule has 0 aromatic heterocycles. The molecular formula is C22H40O5S. The molecule has 0 aliphatic heterocycles. The van der Waals surface area contributed by atoms with Crippen molar-refractivity contribution in [1.29, 1.82) is 0 Å². The number of aliphatic hydroxyl groups is 2. The second-order valence-corrected chi connectivity index (χ2v) is 9.29. The van der Waals surface area contributed by atoms with Crippen molar-refractivity contribution in [3.8, 4) is 0 Å². The molecule has 0 amide bonds. The lowest BCUT2D eigenvalue weighted by Crippen LogP contribution is -2.26. The third-order valence-corrected chi connectivity index (χ3v) is 7.17. The van der Waals surface area contributed by atoms with Crippen LogP contribution < -0.4 is 0 Å². The summed E-state index contributed by atoms with van der Waals surface area (Å²) in [5.74, 6) is 0.431. The Morgan fingerprint density at radius 2 is 1.89 bits per heavy atom. The van der Waals surface area contributed by atoms with Gasteiger partial charge in [0.15, 0.2) is 0 Å². The van der Waals surface area contributed by atoms with E-state index in [4.69, 9.17) is 4.74 Å². The van der Waals surface area contributed by atoms with Crippen LogP contribution >= 0.6 is 11.8 Å². The summed E-state index contributed by atoms with van der Waals surface area (Å²) < 4.78 is 5.02. The lowest BCUT2D eigenvalue weighted by Gasteiger charge is -2.22. The zero-order chi connectivity index (χ0) is 20.9. The highest BCUT2D eigenvalue weighted by Crippen LogP contribution is 2.37. The van der Waals surface area contributed by atoms with E-state index >= 15 is 0 Å². The van der Waals surface area contributed by atoms with Gasteiger partial charge in [-0.25, -0.2) is 0 Å². The van der Waals surface area contributed by atoms with Crippen LogP contribution in [0.1, 0.15) is 85.0 Å². The molecule has 1 rings (SSSR count). The number of carbonyl (C=O) groups excluding carboxylic acids is 2. The van der Waals surface area contributed by atoms with Crippen molar-refractivity contribution < 1.29 is 24.5 Å². The van der Waals surface area contributed by atoms with Crippen molar-refractivity contribution in [3.63, 3.8) is 0 Å². The topological polar surface area (TPSA) is 83.8 Å².